The molecule has 0 saturated heterocycles. The molecule has 2 aromatic carbocycles. The van der Waals surface area contributed by atoms with Crippen LogP contribution in [-0.2, 0) is 13.1 Å². The van der Waals surface area contributed by atoms with Crippen LogP contribution in [0.15, 0.2) is 42.5 Å². The minimum Gasteiger partial charge on any atom is -0.333 e. The quantitative estimate of drug-likeness (QED) is 0.799. The van der Waals surface area contributed by atoms with Crippen molar-refractivity contribution in [1.29, 1.82) is 0 Å². The van der Waals surface area contributed by atoms with Crippen molar-refractivity contribution >= 4 is 18.3 Å². The predicted octanol–water partition coefficient (Wildman–Crippen LogP) is 3.05. The van der Waals surface area contributed by atoms with Crippen LogP contribution in [0, 0.1) is 11.6 Å². The maximum atomic E-state index is 14.0. The normalized spacial score (nSPS) is 10.5. The number of hydrogen-bond acceptors (Lipinski definition) is 3. The highest BCUT2D eigenvalue weighted by Gasteiger charge is 2.18. The molecule has 0 radical (unpaired) electrons. The summed E-state index contributed by atoms with van der Waals surface area (Å²) in [4.78, 5) is 16.3. The predicted molar refractivity (Wildman–Crippen MR) is 101 cm³/mol. The molecule has 2 aromatic rings. The van der Waals surface area contributed by atoms with Crippen LogP contribution in [0.5, 0.6) is 0 Å². The first kappa shape index (κ1) is 22.0. The minimum absolute atomic E-state index is 0. The Morgan fingerprint density at radius 2 is 1.69 bits per heavy atom. The first-order chi connectivity index (χ1) is 11.9. The van der Waals surface area contributed by atoms with Gasteiger partial charge in [-0.15, -0.1) is 12.4 Å². The van der Waals surface area contributed by atoms with Gasteiger partial charge in [0.2, 0.25) is 0 Å². The number of carbonyl (C=O) groups is 1. The fourth-order valence-corrected chi connectivity index (χ4v) is 2.39. The Hall–Kier alpha value is -2.02. The molecule has 0 fully saturated rings. The van der Waals surface area contributed by atoms with E-state index in [9.17, 15) is 13.6 Å². The lowest BCUT2D eigenvalue weighted by molar-refractivity contribution is 0.0730. The molecule has 142 valence electrons. The summed E-state index contributed by atoms with van der Waals surface area (Å²) in [7, 11) is 3.80. The Bertz CT molecular complexity index is 723. The molecular formula is C19H24ClF2N3O. The van der Waals surface area contributed by atoms with Gasteiger partial charge in [-0.2, -0.15) is 0 Å². The van der Waals surface area contributed by atoms with Crippen molar-refractivity contribution in [3.63, 3.8) is 0 Å². The molecule has 0 bridgehead atoms. The number of halogens is 3. The van der Waals surface area contributed by atoms with Crippen LogP contribution in [0.1, 0.15) is 21.5 Å². The molecule has 26 heavy (non-hydrogen) atoms. The first-order valence-electron chi connectivity index (χ1n) is 8.07. The van der Waals surface area contributed by atoms with Crippen LogP contribution in [0.2, 0.25) is 0 Å². The van der Waals surface area contributed by atoms with Gasteiger partial charge in [0.15, 0.2) is 0 Å². The van der Waals surface area contributed by atoms with Crippen molar-refractivity contribution in [1.82, 2.24) is 9.80 Å². The lowest BCUT2D eigenvalue weighted by Gasteiger charge is -2.25. The Labute approximate surface area is 159 Å². The fraction of sp³-hybridized carbons (Fsp3) is 0.316. The van der Waals surface area contributed by atoms with E-state index in [2.05, 4.69) is 0 Å². The van der Waals surface area contributed by atoms with Crippen LogP contribution >= 0.6 is 12.4 Å². The van der Waals surface area contributed by atoms with Crippen molar-refractivity contribution in [2.75, 3.05) is 27.2 Å². The van der Waals surface area contributed by atoms with E-state index in [0.717, 1.165) is 11.6 Å². The molecule has 0 saturated carbocycles. The fourth-order valence-electron chi connectivity index (χ4n) is 2.39. The Morgan fingerprint density at radius 1 is 1.04 bits per heavy atom. The second-order valence-corrected chi connectivity index (χ2v) is 6.17. The number of amides is 1. The van der Waals surface area contributed by atoms with Gasteiger partial charge in [0.05, 0.1) is 0 Å². The van der Waals surface area contributed by atoms with Crippen LogP contribution in [-0.4, -0.2) is 42.9 Å². The highest BCUT2D eigenvalue weighted by molar-refractivity contribution is 5.94. The first-order valence-corrected chi connectivity index (χ1v) is 8.07. The molecule has 0 atom stereocenters. The molecular weight excluding hydrogens is 360 g/mol. The molecule has 0 heterocycles. The number of nitrogens with zero attached hydrogens (tertiary/aromatic N) is 2. The molecule has 2 rings (SSSR count). The van der Waals surface area contributed by atoms with E-state index in [1.165, 1.54) is 12.1 Å². The largest absolute Gasteiger partial charge is 0.333 e. The van der Waals surface area contributed by atoms with Crippen LogP contribution < -0.4 is 5.73 Å². The third-order valence-electron chi connectivity index (χ3n) is 3.92. The van der Waals surface area contributed by atoms with Gasteiger partial charge in [-0.05, 0) is 37.9 Å². The number of likely N-dealkylation sites (N-methyl/N-ethyl adjacent to an activating group) is 1. The standard InChI is InChI=1S/C19H23F2N3O.ClH/c1-23(2)9-10-24(13-16-7-8-17(20)11-18(16)21)19(25)15-5-3-14(12-22)4-6-15;/h3-8,11H,9-10,12-13,22H2,1-2H3;1H. The summed E-state index contributed by atoms with van der Waals surface area (Å²) in [5.41, 5.74) is 7.30. The van der Waals surface area contributed by atoms with Crippen molar-refractivity contribution in [2.45, 2.75) is 13.1 Å². The molecule has 0 spiro atoms. The van der Waals surface area contributed by atoms with Gasteiger partial charge in [0.1, 0.15) is 11.6 Å². The average Bonchev–Trinajstić information content (AvgIpc) is 2.59. The summed E-state index contributed by atoms with van der Waals surface area (Å²) >= 11 is 0. The van der Waals surface area contributed by atoms with Crippen LogP contribution in [0.4, 0.5) is 8.78 Å². The van der Waals surface area contributed by atoms with Gasteiger partial charge in [-0.1, -0.05) is 18.2 Å². The van der Waals surface area contributed by atoms with E-state index in [1.54, 1.807) is 29.2 Å². The second kappa shape index (κ2) is 10.2. The van der Waals surface area contributed by atoms with Crippen molar-refractivity contribution in [2.24, 2.45) is 5.73 Å². The van der Waals surface area contributed by atoms with Crippen LogP contribution in [0.25, 0.3) is 0 Å². The Balaban J connectivity index is 0.00000338. The van der Waals surface area contributed by atoms with Gasteiger partial charge in [0, 0.05) is 43.4 Å². The molecule has 7 heteroatoms. The van der Waals surface area contributed by atoms with Gasteiger partial charge in [-0.3, -0.25) is 4.79 Å². The monoisotopic (exact) mass is 383 g/mol. The van der Waals surface area contributed by atoms with Gasteiger partial charge in [-0.25, -0.2) is 8.78 Å². The lowest BCUT2D eigenvalue weighted by Crippen LogP contribution is -2.36. The Kier molecular flexibility index (Phi) is 8.65. The van der Waals surface area contributed by atoms with E-state index in [1.807, 2.05) is 19.0 Å². The molecule has 0 aromatic heterocycles. The summed E-state index contributed by atoms with van der Waals surface area (Å²) in [5.74, 6) is -1.49. The smallest absolute Gasteiger partial charge is 0.254 e. The zero-order valence-electron chi connectivity index (χ0n) is 14.9. The zero-order valence-corrected chi connectivity index (χ0v) is 15.7. The topological polar surface area (TPSA) is 49.6 Å². The summed E-state index contributed by atoms with van der Waals surface area (Å²) in [5, 5.41) is 0. The summed E-state index contributed by atoms with van der Waals surface area (Å²) in [6.07, 6.45) is 0. The van der Waals surface area contributed by atoms with E-state index in [0.29, 0.717) is 25.2 Å². The number of hydrogen-bond donors (Lipinski definition) is 1. The van der Waals surface area contributed by atoms with Crippen molar-refractivity contribution < 1.29 is 13.6 Å². The lowest BCUT2D eigenvalue weighted by atomic mass is 10.1. The van der Waals surface area contributed by atoms with Gasteiger partial charge >= 0.3 is 0 Å². The van der Waals surface area contributed by atoms with Gasteiger partial charge in [0.25, 0.3) is 5.91 Å². The summed E-state index contributed by atoms with van der Waals surface area (Å²) in [6.45, 7) is 1.55. The Morgan fingerprint density at radius 3 is 2.23 bits per heavy atom. The van der Waals surface area contributed by atoms with E-state index in [-0.39, 0.29) is 30.4 Å². The number of rotatable bonds is 7. The highest BCUT2D eigenvalue weighted by Crippen LogP contribution is 2.15. The minimum atomic E-state index is -0.652. The zero-order chi connectivity index (χ0) is 18.4. The maximum absolute atomic E-state index is 14.0. The molecule has 1 amide bonds. The number of carbonyl (C=O) groups excluding carboxylic acids is 1. The average molecular weight is 384 g/mol. The molecule has 0 aliphatic carbocycles. The SMILES string of the molecule is CN(C)CCN(Cc1ccc(F)cc1F)C(=O)c1ccc(CN)cc1.Cl. The third kappa shape index (κ3) is 6.05. The molecule has 0 aliphatic rings. The molecule has 4 nitrogen and oxygen atoms in total. The van der Waals surface area contributed by atoms with E-state index < -0.39 is 11.6 Å². The summed E-state index contributed by atoms with van der Waals surface area (Å²) in [6, 6.07) is 10.4. The van der Waals surface area contributed by atoms with Crippen molar-refractivity contribution in [3.05, 3.63) is 70.8 Å². The van der Waals surface area contributed by atoms with Gasteiger partial charge < -0.3 is 15.5 Å². The maximum Gasteiger partial charge on any atom is 0.254 e. The molecule has 0 unspecified atom stereocenters. The summed E-state index contributed by atoms with van der Waals surface area (Å²) < 4.78 is 27.1. The third-order valence-corrected chi connectivity index (χ3v) is 3.92. The molecule has 0 aliphatic heterocycles. The highest BCUT2D eigenvalue weighted by atomic mass is 35.5. The van der Waals surface area contributed by atoms with Crippen molar-refractivity contribution in [3.8, 4) is 0 Å². The van der Waals surface area contributed by atoms with Crippen LogP contribution in [0.3, 0.4) is 0 Å². The van der Waals surface area contributed by atoms with E-state index >= 15 is 0 Å². The molecule has 2 N–H and O–H groups in total. The number of nitrogens with two attached hydrogens (primary N) is 1. The van der Waals surface area contributed by atoms with E-state index in [4.69, 9.17) is 5.73 Å². The second-order valence-electron chi connectivity index (χ2n) is 6.17. The number of benzene rings is 2.